The van der Waals surface area contributed by atoms with E-state index in [2.05, 4.69) is 11.3 Å². The molecule has 25 heavy (non-hydrogen) atoms. The molecule has 0 amide bonds. The monoisotopic (exact) mass is 400 g/mol. The van der Waals surface area contributed by atoms with Crippen LogP contribution in [0.25, 0.3) is 0 Å². The van der Waals surface area contributed by atoms with Gasteiger partial charge in [-0.15, -0.1) is 0 Å². The number of ether oxygens (including phenoxy) is 1. The molecule has 0 aromatic carbocycles. The molecule has 0 saturated carbocycles. The van der Waals surface area contributed by atoms with Crippen molar-refractivity contribution in [3.8, 4) is 0 Å². The number of carbonyl (C=O) groups excluding carboxylic acids is 1. The van der Waals surface area contributed by atoms with Gasteiger partial charge < -0.3 is 4.74 Å². The molecule has 4 atom stereocenters. The fourth-order valence-electron chi connectivity index (χ4n) is 1.26. The molecule has 148 valence electrons. The largest absolute Gasteiger partial charge is 0.421 e. The molecule has 0 aromatic heterocycles. The van der Waals surface area contributed by atoms with Gasteiger partial charge in [0.1, 0.15) is 0 Å². The van der Waals surface area contributed by atoms with E-state index in [0.29, 0.717) is 0 Å². The molecular weight excluding hydrogens is 392 g/mol. The zero-order valence-corrected chi connectivity index (χ0v) is 11.5. The summed E-state index contributed by atoms with van der Waals surface area (Å²) in [6.07, 6.45) is -23.5. The molecule has 0 aliphatic carbocycles. The number of carbonyl (C=O) groups is 1. The van der Waals surface area contributed by atoms with Crippen LogP contribution in [0.3, 0.4) is 0 Å². The van der Waals surface area contributed by atoms with Crippen molar-refractivity contribution >= 4 is 5.97 Å². The summed E-state index contributed by atoms with van der Waals surface area (Å²) in [5, 5.41) is 0. The zero-order chi connectivity index (χ0) is 20.4. The molecule has 0 rings (SSSR count). The van der Waals surface area contributed by atoms with Crippen molar-refractivity contribution in [2.75, 3.05) is 0 Å². The smallest absolute Gasteiger partial charge is 0.381 e. The highest BCUT2D eigenvalue weighted by Gasteiger charge is 2.79. The summed E-state index contributed by atoms with van der Waals surface area (Å²) in [5.41, 5.74) is 0. The van der Waals surface area contributed by atoms with Crippen LogP contribution in [0.1, 0.15) is 0 Å². The Morgan fingerprint density at radius 2 is 1.28 bits per heavy atom. The van der Waals surface area contributed by atoms with Gasteiger partial charge in [-0.25, -0.2) is 26.7 Å². The van der Waals surface area contributed by atoms with Crippen LogP contribution in [0.15, 0.2) is 12.7 Å². The first kappa shape index (κ1) is 23.4. The summed E-state index contributed by atoms with van der Waals surface area (Å²) < 4.78 is 157. The lowest BCUT2D eigenvalue weighted by Crippen LogP contribution is -2.64. The number of rotatable bonds is 9. The number of esters is 1. The summed E-state index contributed by atoms with van der Waals surface area (Å²) >= 11 is 0. The van der Waals surface area contributed by atoms with Crippen molar-refractivity contribution in [2.24, 2.45) is 0 Å². The van der Waals surface area contributed by atoms with Crippen molar-refractivity contribution in [1.29, 1.82) is 0 Å². The first-order chi connectivity index (χ1) is 11.1. The Bertz CT molecular complexity index is 480. The lowest BCUT2D eigenvalue weighted by molar-refractivity contribution is -0.363. The minimum Gasteiger partial charge on any atom is -0.421 e. The predicted molar refractivity (Wildman–Crippen MR) is 56.7 cm³/mol. The van der Waals surface area contributed by atoms with Crippen LogP contribution >= 0.6 is 0 Å². The fraction of sp³-hybridized carbons (Fsp3) is 0.727. The molecule has 0 aliphatic heterocycles. The summed E-state index contributed by atoms with van der Waals surface area (Å²) in [5.74, 6) is -22.7. The number of hydrogen-bond acceptors (Lipinski definition) is 2. The molecular formula is C11H8F12O2. The molecule has 0 N–H and O–H groups in total. The van der Waals surface area contributed by atoms with E-state index in [0.717, 1.165) is 0 Å². The molecule has 0 aliphatic rings. The highest BCUT2D eigenvalue weighted by molar-refractivity contribution is 5.81. The first-order valence-electron chi connectivity index (χ1n) is 5.86. The van der Waals surface area contributed by atoms with E-state index in [9.17, 15) is 57.5 Å². The van der Waals surface area contributed by atoms with Crippen LogP contribution < -0.4 is 0 Å². The Balaban J connectivity index is 5.69. The maximum Gasteiger partial charge on any atom is 0.381 e. The summed E-state index contributed by atoms with van der Waals surface area (Å²) in [6, 6.07) is 0. The van der Waals surface area contributed by atoms with Gasteiger partial charge in [-0.3, -0.25) is 0 Å². The molecule has 0 heterocycles. The average Bonchev–Trinajstić information content (AvgIpc) is 2.51. The van der Waals surface area contributed by atoms with E-state index in [-0.39, 0.29) is 6.08 Å². The third-order valence-corrected chi connectivity index (χ3v) is 2.68. The molecule has 0 spiro atoms. The van der Waals surface area contributed by atoms with Gasteiger partial charge in [0.15, 0.2) is 12.3 Å². The van der Waals surface area contributed by atoms with E-state index < -0.39 is 55.0 Å². The van der Waals surface area contributed by atoms with Gasteiger partial charge in [0.05, 0.1) is 0 Å². The maximum atomic E-state index is 13.2. The standard InChI is InChI=1S/C11H8F12O2/c1-2-3(24)25-8(17)10(20,21)11(22,23)9(18,19)6(14)4(12)5(13)7(15)16/h2,4-8H,1H2. The Morgan fingerprint density at radius 1 is 0.840 bits per heavy atom. The molecule has 2 nitrogen and oxygen atoms in total. The van der Waals surface area contributed by atoms with E-state index in [4.69, 9.17) is 0 Å². The molecule has 0 radical (unpaired) electrons. The lowest BCUT2D eigenvalue weighted by atomic mass is 9.96. The van der Waals surface area contributed by atoms with Gasteiger partial charge >= 0.3 is 30.1 Å². The molecule has 4 unspecified atom stereocenters. The Kier molecular flexibility index (Phi) is 7.22. The van der Waals surface area contributed by atoms with Gasteiger partial charge in [0, 0.05) is 6.08 Å². The quantitative estimate of drug-likeness (QED) is 0.330. The van der Waals surface area contributed by atoms with E-state index >= 15 is 0 Å². The van der Waals surface area contributed by atoms with Crippen molar-refractivity contribution in [1.82, 2.24) is 0 Å². The summed E-state index contributed by atoms with van der Waals surface area (Å²) in [7, 11) is 0. The summed E-state index contributed by atoms with van der Waals surface area (Å²) in [4.78, 5) is 10.4. The van der Waals surface area contributed by atoms with Gasteiger partial charge in [-0.1, -0.05) is 6.58 Å². The Morgan fingerprint density at radius 3 is 1.64 bits per heavy atom. The normalized spacial score (nSPS) is 18.4. The average molecular weight is 400 g/mol. The molecule has 0 bridgehead atoms. The van der Waals surface area contributed by atoms with E-state index in [1.165, 1.54) is 0 Å². The van der Waals surface area contributed by atoms with Gasteiger partial charge in [-0.2, -0.15) is 30.7 Å². The van der Waals surface area contributed by atoms with Crippen LogP contribution in [-0.2, 0) is 9.53 Å². The van der Waals surface area contributed by atoms with Crippen LogP contribution in [0.5, 0.6) is 0 Å². The maximum absolute atomic E-state index is 13.2. The van der Waals surface area contributed by atoms with Crippen LogP contribution in [-0.4, -0.2) is 55.0 Å². The van der Waals surface area contributed by atoms with Crippen molar-refractivity contribution in [3.05, 3.63) is 12.7 Å². The van der Waals surface area contributed by atoms with Crippen LogP contribution in [0.2, 0.25) is 0 Å². The molecule has 0 aromatic rings. The van der Waals surface area contributed by atoms with E-state index in [1.807, 2.05) is 0 Å². The SMILES string of the molecule is C=CC(=O)OC(F)C(F)(F)C(F)(F)C(F)(F)C(F)C(F)C(F)C(F)F. The van der Waals surface area contributed by atoms with Crippen molar-refractivity contribution in [3.63, 3.8) is 0 Å². The molecule has 14 heteroatoms. The van der Waals surface area contributed by atoms with Crippen molar-refractivity contribution in [2.45, 2.75) is 49.1 Å². The lowest BCUT2D eigenvalue weighted by Gasteiger charge is -2.36. The highest BCUT2D eigenvalue weighted by atomic mass is 19.4. The zero-order valence-electron chi connectivity index (χ0n) is 11.5. The Labute approximate surface area is 131 Å². The van der Waals surface area contributed by atoms with Crippen molar-refractivity contribution < 1.29 is 62.2 Å². The second-order valence-corrected chi connectivity index (χ2v) is 4.40. The Hall–Kier alpha value is -1.63. The molecule has 0 fully saturated rings. The first-order valence-corrected chi connectivity index (χ1v) is 5.86. The summed E-state index contributed by atoms with van der Waals surface area (Å²) in [6.45, 7) is 2.55. The number of hydrogen-bond donors (Lipinski definition) is 0. The predicted octanol–water partition coefficient (Wildman–Crippen LogP) is 4.20. The highest BCUT2D eigenvalue weighted by Crippen LogP contribution is 2.51. The van der Waals surface area contributed by atoms with Gasteiger partial charge in [0.25, 0.3) is 6.43 Å². The second kappa shape index (κ2) is 7.72. The second-order valence-electron chi connectivity index (χ2n) is 4.40. The number of halogens is 12. The van der Waals surface area contributed by atoms with Crippen LogP contribution in [0.4, 0.5) is 52.7 Å². The third kappa shape index (κ3) is 4.32. The van der Waals surface area contributed by atoms with Gasteiger partial charge in [0.2, 0.25) is 6.17 Å². The fourth-order valence-corrected chi connectivity index (χ4v) is 1.26. The minimum absolute atomic E-state index is 0.0230. The molecule has 0 saturated heterocycles. The topological polar surface area (TPSA) is 26.3 Å². The minimum atomic E-state index is -7.10. The van der Waals surface area contributed by atoms with E-state index in [1.54, 1.807) is 0 Å². The third-order valence-electron chi connectivity index (χ3n) is 2.68. The number of alkyl halides is 12. The van der Waals surface area contributed by atoms with Gasteiger partial charge in [-0.05, 0) is 0 Å². The van der Waals surface area contributed by atoms with Crippen LogP contribution in [0, 0.1) is 0 Å².